The highest BCUT2D eigenvalue weighted by Crippen LogP contribution is 2.21. The third-order valence-electron chi connectivity index (χ3n) is 3.05. The molecule has 1 atom stereocenters. The molecule has 6 heteroatoms. The van der Waals surface area contributed by atoms with Crippen molar-refractivity contribution in [3.05, 3.63) is 40.7 Å². The molecule has 0 radical (unpaired) electrons. The second-order valence-electron chi connectivity index (χ2n) is 4.71. The first-order valence-electron chi connectivity index (χ1n) is 6.76. The predicted octanol–water partition coefficient (Wildman–Crippen LogP) is 3.45. The van der Waals surface area contributed by atoms with E-state index >= 15 is 0 Å². The van der Waals surface area contributed by atoms with Gasteiger partial charge in [0.05, 0.1) is 5.69 Å². The fourth-order valence-electron chi connectivity index (χ4n) is 1.94. The van der Waals surface area contributed by atoms with Gasteiger partial charge >= 0.3 is 5.97 Å². The lowest BCUT2D eigenvalue weighted by molar-refractivity contribution is -0.139. The third kappa shape index (κ3) is 4.41. The highest BCUT2D eigenvalue weighted by atomic mass is 79.9. The summed E-state index contributed by atoms with van der Waals surface area (Å²) in [5, 5.41) is 12.1. The number of carbonyl (C=O) groups is 1. The lowest BCUT2D eigenvalue weighted by Crippen LogP contribution is -2.36. The second-order valence-corrected chi connectivity index (χ2v) is 5.63. The number of aliphatic carboxylic acids is 1. The summed E-state index contributed by atoms with van der Waals surface area (Å²) < 4.78 is 6.42. The summed E-state index contributed by atoms with van der Waals surface area (Å²) in [5.74, 6) is -0.310. The summed E-state index contributed by atoms with van der Waals surface area (Å²) in [6.07, 6.45) is 2.95. The predicted molar refractivity (Wildman–Crippen MR) is 82.8 cm³/mol. The number of nitrogens with one attached hydrogen (secondary N) is 1. The van der Waals surface area contributed by atoms with Crippen molar-refractivity contribution < 1.29 is 14.3 Å². The number of carboxylic acid groups (broad SMARTS) is 1. The van der Waals surface area contributed by atoms with E-state index in [-0.39, 0.29) is 0 Å². The minimum absolute atomic E-state index is 0.372. The van der Waals surface area contributed by atoms with Gasteiger partial charge in [-0.2, -0.15) is 0 Å². The van der Waals surface area contributed by atoms with Crippen LogP contribution in [0.5, 0.6) is 0 Å². The van der Waals surface area contributed by atoms with Crippen molar-refractivity contribution in [1.29, 1.82) is 0 Å². The van der Waals surface area contributed by atoms with Gasteiger partial charge in [0, 0.05) is 16.6 Å². The maximum absolute atomic E-state index is 11.1. The molecule has 2 N–H and O–H groups in total. The van der Waals surface area contributed by atoms with Crippen molar-refractivity contribution in [2.75, 3.05) is 0 Å². The quantitative estimate of drug-likeness (QED) is 0.798. The molecule has 0 bridgehead atoms. The minimum Gasteiger partial charge on any atom is -0.480 e. The average Bonchev–Trinajstić information content (AvgIpc) is 2.92. The molecule has 0 fully saturated rings. The Balaban J connectivity index is 2.00. The number of aromatic nitrogens is 1. The number of hydrogen-bond donors (Lipinski definition) is 2. The van der Waals surface area contributed by atoms with E-state index in [0.29, 0.717) is 24.6 Å². The first kappa shape index (κ1) is 15.7. The molecule has 2 rings (SSSR count). The van der Waals surface area contributed by atoms with Crippen LogP contribution in [-0.4, -0.2) is 22.1 Å². The second kappa shape index (κ2) is 7.38. The normalized spacial score (nSPS) is 12.3. The molecule has 0 aliphatic heterocycles. The summed E-state index contributed by atoms with van der Waals surface area (Å²) in [6, 6.07) is 7.09. The summed E-state index contributed by atoms with van der Waals surface area (Å²) in [7, 11) is 0. The fraction of sp³-hybridized carbons (Fsp3) is 0.333. The SMILES string of the molecule is CCCC(NCc1coc(-c2ccc(Br)cc2)n1)C(=O)O. The van der Waals surface area contributed by atoms with Crippen LogP contribution in [-0.2, 0) is 11.3 Å². The van der Waals surface area contributed by atoms with Gasteiger partial charge in [-0.3, -0.25) is 10.1 Å². The molecule has 0 saturated heterocycles. The molecule has 0 aliphatic carbocycles. The van der Waals surface area contributed by atoms with Crippen LogP contribution in [0.3, 0.4) is 0 Å². The first-order valence-corrected chi connectivity index (χ1v) is 7.56. The minimum atomic E-state index is -0.839. The van der Waals surface area contributed by atoms with E-state index in [0.717, 1.165) is 16.5 Å². The Morgan fingerprint density at radius 1 is 1.43 bits per heavy atom. The average molecular weight is 353 g/mol. The maximum Gasteiger partial charge on any atom is 0.320 e. The highest BCUT2D eigenvalue weighted by molar-refractivity contribution is 9.10. The smallest absolute Gasteiger partial charge is 0.320 e. The molecule has 112 valence electrons. The van der Waals surface area contributed by atoms with Crippen LogP contribution < -0.4 is 5.32 Å². The van der Waals surface area contributed by atoms with Crippen LogP contribution >= 0.6 is 15.9 Å². The first-order chi connectivity index (χ1) is 10.1. The number of halogens is 1. The lowest BCUT2D eigenvalue weighted by atomic mass is 10.1. The molecule has 1 unspecified atom stereocenters. The van der Waals surface area contributed by atoms with E-state index in [9.17, 15) is 4.79 Å². The monoisotopic (exact) mass is 352 g/mol. The molecule has 0 aliphatic rings. The van der Waals surface area contributed by atoms with E-state index in [4.69, 9.17) is 9.52 Å². The number of carboxylic acids is 1. The topological polar surface area (TPSA) is 75.4 Å². The molecular weight excluding hydrogens is 336 g/mol. The Hall–Kier alpha value is -1.66. The van der Waals surface area contributed by atoms with Gasteiger partial charge in [-0.1, -0.05) is 29.3 Å². The van der Waals surface area contributed by atoms with Crippen molar-refractivity contribution in [3.63, 3.8) is 0 Å². The van der Waals surface area contributed by atoms with E-state index in [1.807, 2.05) is 31.2 Å². The molecule has 21 heavy (non-hydrogen) atoms. The molecular formula is C15H17BrN2O3. The summed E-state index contributed by atoms with van der Waals surface area (Å²) in [4.78, 5) is 15.4. The zero-order chi connectivity index (χ0) is 15.2. The van der Waals surface area contributed by atoms with Crippen molar-refractivity contribution >= 4 is 21.9 Å². The standard InChI is InChI=1S/C15H17BrN2O3/c1-2-3-13(15(19)20)17-8-12-9-21-14(18-12)10-4-6-11(16)7-5-10/h4-7,9,13,17H,2-3,8H2,1H3,(H,19,20). The molecule has 1 heterocycles. The van der Waals surface area contributed by atoms with Crippen LogP contribution in [0.25, 0.3) is 11.5 Å². The van der Waals surface area contributed by atoms with Crippen molar-refractivity contribution in [3.8, 4) is 11.5 Å². The molecule has 0 saturated carbocycles. The van der Waals surface area contributed by atoms with E-state index in [1.54, 1.807) is 6.26 Å². The summed E-state index contributed by atoms with van der Waals surface area (Å²) in [5.41, 5.74) is 1.57. The zero-order valence-electron chi connectivity index (χ0n) is 11.7. The van der Waals surface area contributed by atoms with Gasteiger partial charge in [0.2, 0.25) is 5.89 Å². The Kier molecular flexibility index (Phi) is 5.52. The number of hydrogen-bond acceptors (Lipinski definition) is 4. The largest absolute Gasteiger partial charge is 0.480 e. The van der Waals surface area contributed by atoms with Gasteiger partial charge in [-0.15, -0.1) is 0 Å². The molecule has 2 aromatic rings. The molecule has 1 aromatic carbocycles. The summed E-state index contributed by atoms with van der Waals surface area (Å²) >= 11 is 3.38. The van der Waals surface area contributed by atoms with Crippen molar-refractivity contribution in [2.45, 2.75) is 32.4 Å². The molecule has 0 spiro atoms. The molecule has 0 amide bonds. The summed E-state index contributed by atoms with van der Waals surface area (Å²) in [6.45, 7) is 2.33. The van der Waals surface area contributed by atoms with Gasteiger partial charge < -0.3 is 9.52 Å². The van der Waals surface area contributed by atoms with Crippen LogP contribution in [0.1, 0.15) is 25.5 Å². The number of oxazole rings is 1. The van der Waals surface area contributed by atoms with Gasteiger partial charge in [0.25, 0.3) is 0 Å². The Morgan fingerprint density at radius 3 is 2.76 bits per heavy atom. The highest BCUT2D eigenvalue weighted by Gasteiger charge is 2.16. The van der Waals surface area contributed by atoms with Crippen LogP contribution in [0.4, 0.5) is 0 Å². The van der Waals surface area contributed by atoms with Gasteiger partial charge in [0.15, 0.2) is 0 Å². The molecule has 5 nitrogen and oxygen atoms in total. The van der Waals surface area contributed by atoms with Gasteiger partial charge in [-0.05, 0) is 30.7 Å². The van der Waals surface area contributed by atoms with Crippen LogP contribution in [0.15, 0.2) is 39.4 Å². The molecule has 1 aromatic heterocycles. The van der Waals surface area contributed by atoms with Crippen LogP contribution in [0.2, 0.25) is 0 Å². The Morgan fingerprint density at radius 2 is 2.14 bits per heavy atom. The van der Waals surface area contributed by atoms with E-state index in [1.165, 1.54) is 0 Å². The zero-order valence-corrected chi connectivity index (χ0v) is 13.3. The number of nitrogens with zero attached hydrogens (tertiary/aromatic N) is 1. The van der Waals surface area contributed by atoms with Gasteiger partial charge in [0.1, 0.15) is 12.3 Å². The Labute approximate surface area is 131 Å². The third-order valence-corrected chi connectivity index (χ3v) is 3.58. The maximum atomic E-state index is 11.1. The van der Waals surface area contributed by atoms with Crippen molar-refractivity contribution in [2.24, 2.45) is 0 Å². The van der Waals surface area contributed by atoms with Gasteiger partial charge in [-0.25, -0.2) is 4.98 Å². The number of benzene rings is 1. The Bertz CT molecular complexity index is 595. The number of rotatable bonds is 7. The lowest BCUT2D eigenvalue weighted by Gasteiger charge is -2.11. The van der Waals surface area contributed by atoms with Crippen LogP contribution in [0, 0.1) is 0 Å². The van der Waals surface area contributed by atoms with E-state index < -0.39 is 12.0 Å². The van der Waals surface area contributed by atoms with Crippen molar-refractivity contribution in [1.82, 2.24) is 10.3 Å². The van der Waals surface area contributed by atoms with E-state index in [2.05, 4.69) is 26.2 Å². The fourth-order valence-corrected chi connectivity index (χ4v) is 2.21.